The first-order chi connectivity index (χ1) is 15.6. The minimum atomic E-state index is -0.582. The quantitative estimate of drug-likeness (QED) is 0.335. The van der Waals surface area contributed by atoms with Crippen LogP contribution in [-0.4, -0.2) is 19.9 Å². The van der Waals surface area contributed by atoms with Gasteiger partial charge in [0.15, 0.2) is 23.0 Å². The first-order valence-electron chi connectivity index (χ1n) is 9.60. The molecule has 0 amide bonds. The summed E-state index contributed by atoms with van der Waals surface area (Å²) in [7, 11) is 1.51. The number of hydrogen-bond acceptors (Lipinski definition) is 8. The van der Waals surface area contributed by atoms with Gasteiger partial charge in [0.1, 0.15) is 17.6 Å². The van der Waals surface area contributed by atoms with Gasteiger partial charge in [0.25, 0.3) is 0 Å². The number of carbonyl (C=O) groups is 1. The van der Waals surface area contributed by atoms with E-state index in [1.807, 2.05) is 0 Å². The molecular weight excluding hydrogens is 416 g/mol. The molecule has 0 radical (unpaired) electrons. The summed E-state index contributed by atoms with van der Waals surface area (Å²) in [6.45, 7) is 0.111. The lowest BCUT2D eigenvalue weighted by Gasteiger charge is -2.10. The van der Waals surface area contributed by atoms with Crippen molar-refractivity contribution in [2.45, 2.75) is 0 Å². The van der Waals surface area contributed by atoms with E-state index < -0.39 is 5.97 Å². The first-order valence-corrected chi connectivity index (χ1v) is 9.60. The lowest BCUT2D eigenvalue weighted by molar-refractivity contribution is 0.0734. The van der Waals surface area contributed by atoms with Crippen LogP contribution in [-0.2, 0) is 0 Å². The Labute approximate surface area is 181 Å². The van der Waals surface area contributed by atoms with E-state index in [9.17, 15) is 9.59 Å². The van der Waals surface area contributed by atoms with E-state index in [0.29, 0.717) is 28.6 Å². The molecule has 3 aromatic carbocycles. The number of para-hydroxylation sites is 2. The zero-order valence-electron chi connectivity index (χ0n) is 16.8. The second-order valence-corrected chi connectivity index (χ2v) is 6.80. The molecule has 1 aromatic heterocycles. The fourth-order valence-electron chi connectivity index (χ4n) is 3.24. The minimum absolute atomic E-state index is 0.00658. The molecule has 32 heavy (non-hydrogen) atoms. The van der Waals surface area contributed by atoms with E-state index in [2.05, 4.69) is 0 Å². The highest BCUT2D eigenvalue weighted by molar-refractivity contribution is 5.92. The number of methoxy groups -OCH3 is 1. The molecule has 1 aliphatic rings. The Bertz CT molecular complexity index is 1390. The molecule has 0 N–H and O–H groups in total. The van der Waals surface area contributed by atoms with Crippen LogP contribution in [0.3, 0.4) is 0 Å². The number of carbonyl (C=O) groups excluding carboxylic acids is 1. The maximum Gasteiger partial charge on any atom is 0.343 e. The van der Waals surface area contributed by atoms with Gasteiger partial charge in [-0.25, -0.2) is 4.79 Å². The van der Waals surface area contributed by atoms with Crippen LogP contribution >= 0.6 is 0 Å². The van der Waals surface area contributed by atoms with Gasteiger partial charge in [-0.05, 0) is 42.5 Å². The van der Waals surface area contributed by atoms with E-state index in [1.165, 1.54) is 31.6 Å². The molecule has 0 fully saturated rings. The Morgan fingerprint density at radius 1 is 0.906 bits per heavy atom. The van der Waals surface area contributed by atoms with Gasteiger partial charge in [-0.1, -0.05) is 12.1 Å². The number of fused-ring (bicyclic) bond motifs is 2. The van der Waals surface area contributed by atoms with Gasteiger partial charge in [-0.2, -0.15) is 0 Å². The highest BCUT2D eigenvalue weighted by atomic mass is 16.7. The minimum Gasteiger partial charge on any atom is -0.493 e. The summed E-state index contributed by atoms with van der Waals surface area (Å²) in [6, 6.07) is 16.2. The topological polar surface area (TPSA) is 93.4 Å². The van der Waals surface area contributed by atoms with Crippen LogP contribution in [0, 0.1) is 0 Å². The molecule has 2 heterocycles. The third-order valence-corrected chi connectivity index (χ3v) is 4.82. The second kappa shape index (κ2) is 7.99. The Balaban J connectivity index is 1.39. The van der Waals surface area contributed by atoms with Crippen molar-refractivity contribution in [1.29, 1.82) is 0 Å². The van der Waals surface area contributed by atoms with Crippen molar-refractivity contribution in [3.8, 4) is 34.5 Å². The van der Waals surface area contributed by atoms with Crippen LogP contribution in [0.25, 0.3) is 11.0 Å². The van der Waals surface area contributed by atoms with E-state index in [-0.39, 0.29) is 34.7 Å². The Morgan fingerprint density at radius 3 is 2.56 bits per heavy atom. The van der Waals surface area contributed by atoms with Gasteiger partial charge in [0, 0.05) is 6.07 Å². The molecule has 0 spiro atoms. The first kappa shape index (κ1) is 19.5. The molecule has 0 unspecified atom stereocenters. The monoisotopic (exact) mass is 432 g/mol. The molecule has 0 atom stereocenters. The molecule has 5 rings (SSSR count). The van der Waals surface area contributed by atoms with E-state index in [0.717, 1.165) is 0 Å². The summed E-state index contributed by atoms with van der Waals surface area (Å²) in [4.78, 5) is 25.3. The summed E-state index contributed by atoms with van der Waals surface area (Å²) >= 11 is 0. The van der Waals surface area contributed by atoms with Crippen LogP contribution in [0.15, 0.2) is 76.1 Å². The molecule has 1 aliphatic heterocycles. The highest BCUT2D eigenvalue weighted by Crippen LogP contribution is 2.33. The fourth-order valence-corrected chi connectivity index (χ4v) is 3.24. The van der Waals surface area contributed by atoms with Crippen molar-refractivity contribution in [3.05, 3.63) is 82.7 Å². The molecule has 0 bridgehead atoms. The van der Waals surface area contributed by atoms with Crippen LogP contribution in [0.5, 0.6) is 34.5 Å². The lowest BCUT2D eigenvalue weighted by Crippen LogP contribution is -2.09. The lowest BCUT2D eigenvalue weighted by atomic mass is 10.2. The molecule has 8 nitrogen and oxygen atoms in total. The molecule has 0 saturated carbocycles. The Hall–Kier alpha value is -4.46. The van der Waals surface area contributed by atoms with Gasteiger partial charge in [-0.15, -0.1) is 0 Å². The highest BCUT2D eigenvalue weighted by Gasteiger charge is 2.18. The third-order valence-electron chi connectivity index (χ3n) is 4.82. The number of rotatable bonds is 5. The summed E-state index contributed by atoms with van der Waals surface area (Å²) in [5.74, 6) is 1.57. The number of hydrogen-bond donors (Lipinski definition) is 0. The zero-order chi connectivity index (χ0) is 22.1. The third kappa shape index (κ3) is 3.58. The number of benzene rings is 3. The number of esters is 1. The fraction of sp³-hybridized carbons (Fsp3) is 0.0833. The molecular formula is C24H16O8. The van der Waals surface area contributed by atoms with E-state index >= 15 is 0 Å². The molecule has 0 aliphatic carbocycles. The smallest absolute Gasteiger partial charge is 0.343 e. The van der Waals surface area contributed by atoms with Gasteiger partial charge in [0.05, 0.1) is 18.1 Å². The zero-order valence-corrected chi connectivity index (χ0v) is 16.8. The van der Waals surface area contributed by atoms with Crippen LogP contribution in [0.2, 0.25) is 0 Å². The van der Waals surface area contributed by atoms with Gasteiger partial charge in [0.2, 0.25) is 18.0 Å². The number of ether oxygens (including phenoxy) is 5. The molecule has 8 heteroatoms. The van der Waals surface area contributed by atoms with Gasteiger partial charge < -0.3 is 28.1 Å². The summed E-state index contributed by atoms with van der Waals surface area (Å²) < 4.78 is 32.4. The summed E-state index contributed by atoms with van der Waals surface area (Å²) in [6.07, 6.45) is 1.21. The second-order valence-electron chi connectivity index (χ2n) is 6.80. The average Bonchev–Trinajstić information content (AvgIpc) is 3.29. The van der Waals surface area contributed by atoms with Crippen molar-refractivity contribution in [3.63, 3.8) is 0 Å². The van der Waals surface area contributed by atoms with Crippen molar-refractivity contribution in [2.75, 3.05) is 13.9 Å². The molecule has 0 saturated heterocycles. The van der Waals surface area contributed by atoms with Gasteiger partial charge >= 0.3 is 5.97 Å². The van der Waals surface area contributed by atoms with E-state index in [1.54, 1.807) is 42.5 Å². The predicted molar refractivity (Wildman–Crippen MR) is 113 cm³/mol. The van der Waals surface area contributed by atoms with Crippen molar-refractivity contribution >= 4 is 16.9 Å². The van der Waals surface area contributed by atoms with Crippen molar-refractivity contribution in [1.82, 2.24) is 0 Å². The van der Waals surface area contributed by atoms with Gasteiger partial charge in [-0.3, -0.25) is 4.79 Å². The van der Waals surface area contributed by atoms with E-state index in [4.69, 9.17) is 28.1 Å². The average molecular weight is 432 g/mol. The molecule has 4 aromatic rings. The molecule has 160 valence electrons. The van der Waals surface area contributed by atoms with Crippen LogP contribution in [0.1, 0.15) is 10.4 Å². The van der Waals surface area contributed by atoms with Crippen LogP contribution < -0.4 is 29.1 Å². The van der Waals surface area contributed by atoms with Crippen molar-refractivity contribution < 1.29 is 32.9 Å². The SMILES string of the molecule is COc1ccccc1Oc1coc2cc(OC(=O)c3ccc4c(c3)OCO4)ccc2c1=O. The maximum atomic E-state index is 12.8. The summed E-state index contributed by atoms with van der Waals surface area (Å²) in [5, 5.41) is 0.278. The largest absolute Gasteiger partial charge is 0.493 e. The Kier molecular flexibility index (Phi) is 4.87. The van der Waals surface area contributed by atoms with Crippen LogP contribution in [0.4, 0.5) is 0 Å². The standard InChI is InChI=1S/C24H16O8/c1-27-17-4-2-3-5-19(17)32-22-12-28-20-11-15(7-8-16(20)23(22)25)31-24(26)14-6-9-18-21(10-14)30-13-29-18/h2-12H,13H2,1H3. The Morgan fingerprint density at radius 2 is 1.72 bits per heavy atom. The summed E-state index contributed by atoms with van der Waals surface area (Å²) in [5.41, 5.74) is 0.181. The predicted octanol–water partition coefficient (Wildman–Crippen LogP) is 4.54. The normalized spacial score (nSPS) is 11.9. The maximum absolute atomic E-state index is 12.8. The van der Waals surface area contributed by atoms with Crippen molar-refractivity contribution in [2.24, 2.45) is 0 Å².